The summed E-state index contributed by atoms with van der Waals surface area (Å²) in [6.07, 6.45) is 0.238. The quantitative estimate of drug-likeness (QED) is 0.564. The molecule has 21 heavy (non-hydrogen) atoms. The topological polar surface area (TPSA) is 92.3 Å². The Morgan fingerprint density at radius 2 is 1.52 bits per heavy atom. The normalized spacial score (nSPS) is 12.3. The molecule has 0 spiro atoms. The molecular formula is C14H26N2O4S. The summed E-state index contributed by atoms with van der Waals surface area (Å²) in [6.45, 7) is 7.82. The van der Waals surface area contributed by atoms with E-state index in [1.165, 1.54) is 0 Å². The van der Waals surface area contributed by atoms with Crippen LogP contribution in [0.15, 0.2) is 0 Å². The van der Waals surface area contributed by atoms with Gasteiger partial charge in [-0.3, -0.25) is 18.6 Å². The number of carbonyl (C=O) groups excluding carboxylic acids is 3. The summed E-state index contributed by atoms with van der Waals surface area (Å²) < 4.78 is 11.6. The molecule has 0 aliphatic heterocycles. The molecule has 0 aromatic heterocycles. The lowest BCUT2D eigenvalue weighted by Gasteiger charge is -2.09. The molecular weight excluding hydrogens is 292 g/mol. The fraction of sp³-hybridized carbons (Fsp3) is 0.786. The first-order chi connectivity index (χ1) is 9.73. The molecule has 0 aromatic carbocycles. The highest BCUT2D eigenvalue weighted by atomic mass is 32.2. The van der Waals surface area contributed by atoms with Crippen LogP contribution in [0.4, 0.5) is 0 Å². The van der Waals surface area contributed by atoms with Crippen LogP contribution in [0, 0.1) is 11.8 Å². The molecule has 0 bridgehead atoms. The van der Waals surface area contributed by atoms with Gasteiger partial charge in [-0.05, 0) is 0 Å². The van der Waals surface area contributed by atoms with Crippen molar-refractivity contribution in [2.45, 2.75) is 34.1 Å². The zero-order chi connectivity index (χ0) is 16.4. The van der Waals surface area contributed by atoms with Gasteiger partial charge in [0.25, 0.3) is 0 Å². The SMILES string of the molecule is CC(C)C(=O)CCS(=O)CC(=O)NCCNC(=O)C(C)C. The zero-order valence-corrected chi connectivity index (χ0v) is 14.0. The van der Waals surface area contributed by atoms with E-state index in [1.54, 1.807) is 27.7 Å². The van der Waals surface area contributed by atoms with Crippen molar-refractivity contribution < 1.29 is 18.6 Å². The van der Waals surface area contributed by atoms with E-state index in [-0.39, 0.29) is 47.4 Å². The Hall–Kier alpha value is -1.24. The van der Waals surface area contributed by atoms with Crippen molar-refractivity contribution in [2.24, 2.45) is 11.8 Å². The van der Waals surface area contributed by atoms with Crippen LogP contribution in [-0.4, -0.2) is 46.4 Å². The molecule has 0 saturated heterocycles. The van der Waals surface area contributed by atoms with Crippen LogP contribution in [0.3, 0.4) is 0 Å². The molecule has 0 aromatic rings. The van der Waals surface area contributed by atoms with Gasteiger partial charge in [0, 0.05) is 47.9 Å². The van der Waals surface area contributed by atoms with Gasteiger partial charge in [-0.1, -0.05) is 27.7 Å². The molecule has 0 heterocycles. The average Bonchev–Trinajstić information content (AvgIpc) is 2.40. The Kier molecular flexibility index (Phi) is 9.86. The van der Waals surface area contributed by atoms with Crippen LogP contribution >= 0.6 is 0 Å². The number of Topliss-reactive ketones (excluding diaryl/α,β-unsaturated/α-hetero) is 1. The zero-order valence-electron chi connectivity index (χ0n) is 13.2. The first-order valence-corrected chi connectivity index (χ1v) is 8.65. The fourth-order valence-corrected chi connectivity index (χ4v) is 2.33. The van der Waals surface area contributed by atoms with Crippen molar-refractivity contribution in [1.29, 1.82) is 0 Å². The summed E-state index contributed by atoms with van der Waals surface area (Å²) in [5.41, 5.74) is 0. The Labute approximate surface area is 128 Å². The lowest BCUT2D eigenvalue weighted by Crippen LogP contribution is -2.38. The molecule has 7 heteroatoms. The maximum atomic E-state index is 11.6. The Morgan fingerprint density at radius 3 is 2.05 bits per heavy atom. The van der Waals surface area contributed by atoms with Gasteiger partial charge >= 0.3 is 0 Å². The monoisotopic (exact) mass is 318 g/mol. The van der Waals surface area contributed by atoms with E-state index in [2.05, 4.69) is 10.6 Å². The first-order valence-electron chi connectivity index (χ1n) is 7.16. The van der Waals surface area contributed by atoms with Gasteiger partial charge in [-0.15, -0.1) is 0 Å². The van der Waals surface area contributed by atoms with Crippen molar-refractivity contribution in [3.8, 4) is 0 Å². The summed E-state index contributed by atoms with van der Waals surface area (Å²) in [5.74, 6) is -0.394. The molecule has 0 radical (unpaired) electrons. The molecule has 0 aliphatic rings. The van der Waals surface area contributed by atoms with Gasteiger partial charge < -0.3 is 10.6 Å². The minimum atomic E-state index is -1.33. The summed E-state index contributed by atoms with van der Waals surface area (Å²) in [4.78, 5) is 34.2. The van der Waals surface area contributed by atoms with E-state index in [0.717, 1.165) is 0 Å². The van der Waals surface area contributed by atoms with Gasteiger partial charge in [0.2, 0.25) is 11.8 Å². The summed E-state index contributed by atoms with van der Waals surface area (Å²) in [7, 11) is -1.33. The van der Waals surface area contributed by atoms with Gasteiger partial charge in [-0.2, -0.15) is 0 Å². The number of hydrogen-bond acceptors (Lipinski definition) is 4. The molecule has 1 unspecified atom stereocenters. The molecule has 0 saturated carbocycles. The van der Waals surface area contributed by atoms with Crippen molar-refractivity contribution in [3.05, 3.63) is 0 Å². The van der Waals surface area contributed by atoms with Crippen LogP contribution in [0.2, 0.25) is 0 Å². The molecule has 6 nitrogen and oxygen atoms in total. The largest absolute Gasteiger partial charge is 0.354 e. The predicted octanol–water partition coefficient (Wildman–Crippen LogP) is 0.239. The second kappa shape index (κ2) is 10.5. The van der Waals surface area contributed by atoms with Gasteiger partial charge in [0.15, 0.2) is 0 Å². The second-order valence-electron chi connectivity index (χ2n) is 5.45. The minimum Gasteiger partial charge on any atom is -0.354 e. The average molecular weight is 318 g/mol. The van der Waals surface area contributed by atoms with Crippen LogP contribution in [0.25, 0.3) is 0 Å². The number of ketones is 1. The molecule has 122 valence electrons. The minimum absolute atomic E-state index is 0.0557. The second-order valence-corrected chi connectivity index (χ2v) is 7.03. The Bertz CT molecular complexity index is 394. The predicted molar refractivity (Wildman–Crippen MR) is 83.2 cm³/mol. The maximum absolute atomic E-state index is 11.6. The summed E-state index contributed by atoms with van der Waals surface area (Å²) >= 11 is 0. The molecule has 1 atom stereocenters. The Balaban J connectivity index is 3.77. The van der Waals surface area contributed by atoms with E-state index >= 15 is 0 Å². The summed E-state index contributed by atoms with van der Waals surface area (Å²) in [6, 6.07) is 0. The van der Waals surface area contributed by atoms with E-state index in [4.69, 9.17) is 0 Å². The molecule has 0 fully saturated rings. The number of rotatable bonds is 10. The van der Waals surface area contributed by atoms with Crippen molar-refractivity contribution >= 4 is 28.4 Å². The lowest BCUT2D eigenvalue weighted by molar-refractivity contribution is -0.124. The molecule has 0 rings (SSSR count). The number of amides is 2. The third-order valence-electron chi connectivity index (χ3n) is 2.78. The lowest BCUT2D eigenvalue weighted by atomic mass is 10.1. The van der Waals surface area contributed by atoms with Gasteiger partial charge in [0.1, 0.15) is 11.5 Å². The van der Waals surface area contributed by atoms with Crippen molar-refractivity contribution in [1.82, 2.24) is 10.6 Å². The van der Waals surface area contributed by atoms with Gasteiger partial charge in [-0.25, -0.2) is 0 Å². The molecule has 2 N–H and O–H groups in total. The van der Waals surface area contributed by atoms with Crippen molar-refractivity contribution in [3.63, 3.8) is 0 Å². The summed E-state index contributed by atoms with van der Waals surface area (Å²) in [5, 5.41) is 5.26. The van der Waals surface area contributed by atoms with E-state index in [1.807, 2.05) is 0 Å². The molecule has 2 amide bonds. The Morgan fingerprint density at radius 1 is 0.952 bits per heavy atom. The van der Waals surface area contributed by atoms with Crippen LogP contribution in [0.1, 0.15) is 34.1 Å². The maximum Gasteiger partial charge on any atom is 0.232 e. The van der Waals surface area contributed by atoms with E-state index < -0.39 is 10.8 Å². The van der Waals surface area contributed by atoms with E-state index in [0.29, 0.717) is 13.1 Å². The highest BCUT2D eigenvalue weighted by molar-refractivity contribution is 7.85. The number of nitrogens with one attached hydrogen (secondary N) is 2. The third-order valence-corrected chi connectivity index (χ3v) is 4.03. The van der Waals surface area contributed by atoms with Crippen LogP contribution in [-0.2, 0) is 25.2 Å². The third kappa shape index (κ3) is 10.2. The number of hydrogen-bond donors (Lipinski definition) is 2. The first kappa shape index (κ1) is 19.8. The van der Waals surface area contributed by atoms with Crippen LogP contribution < -0.4 is 10.6 Å². The van der Waals surface area contributed by atoms with Crippen molar-refractivity contribution in [2.75, 3.05) is 24.6 Å². The number of carbonyl (C=O) groups is 3. The smallest absolute Gasteiger partial charge is 0.232 e. The van der Waals surface area contributed by atoms with Gasteiger partial charge in [0.05, 0.1) is 0 Å². The van der Waals surface area contributed by atoms with Crippen LogP contribution in [0.5, 0.6) is 0 Å². The standard InChI is InChI=1S/C14H26N2O4S/c1-10(2)12(17)5-8-21(20)9-13(18)15-6-7-16-14(19)11(3)4/h10-11H,5-9H2,1-4H3,(H,15,18)(H,16,19). The van der Waals surface area contributed by atoms with E-state index in [9.17, 15) is 18.6 Å². The molecule has 0 aliphatic carbocycles. The highest BCUT2D eigenvalue weighted by Gasteiger charge is 2.12. The highest BCUT2D eigenvalue weighted by Crippen LogP contribution is 2.00. The fourth-order valence-electron chi connectivity index (χ4n) is 1.36.